The number of likely N-dealkylation sites (tertiary alicyclic amines) is 1. The van der Waals surface area contributed by atoms with E-state index in [1.807, 2.05) is 23.8 Å². The highest BCUT2D eigenvalue weighted by Crippen LogP contribution is 2.24. The predicted octanol–water partition coefficient (Wildman–Crippen LogP) is 2.44. The van der Waals surface area contributed by atoms with Crippen LogP contribution in [0.15, 0.2) is 21.2 Å². The van der Waals surface area contributed by atoms with Crippen LogP contribution in [0.2, 0.25) is 0 Å². The fraction of sp³-hybridized carbons (Fsp3) is 0.500. The van der Waals surface area contributed by atoms with Gasteiger partial charge in [0.25, 0.3) is 0 Å². The molecule has 0 aromatic carbocycles. The number of thiophene rings is 1. The van der Waals surface area contributed by atoms with Crippen molar-refractivity contribution in [1.82, 2.24) is 15.1 Å². The van der Waals surface area contributed by atoms with Gasteiger partial charge in [0.1, 0.15) is 6.04 Å². The van der Waals surface area contributed by atoms with Gasteiger partial charge in [0, 0.05) is 30.3 Å². The number of amides is 1. The van der Waals surface area contributed by atoms with E-state index in [0.29, 0.717) is 37.1 Å². The van der Waals surface area contributed by atoms with Crippen LogP contribution >= 0.6 is 11.3 Å². The molecule has 7 nitrogen and oxygen atoms in total. The van der Waals surface area contributed by atoms with E-state index in [9.17, 15) is 14.7 Å². The average molecular weight is 349 g/mol. The summed E-state index contributed by atoms with van der Waals surface area (Å²) in [5.74, 6) is 0.0342. The minimum absolute atomic E-state index is 0.170. The maximum absolute atomic E-state index is 12.4. The van der Waals surface area contributed by atoms with Crippen LogP contribution < -0.4 is 0 Å². The van der Waals surface area contributed by atoms with Crippen LogP contribution in [0.4, 0.5) is 0 Å². The van der Waals surface area contributed by atoms with Crippen molar-refractivity contribution in [3.05, 3.63) is 22.7 Å². The summed E-state index contributed by atoms with van der Waals surface area (Å²) in [5, 5.41) is 21.1. The van der Waals surface area contributed by atoms with Crippen LogP contribution in [0.25, 0.3) is 11.5 Å². The molecule has 3 rings (SSSR count). The molecule has 0 bridgehead atoms. The van der Waals surface area contributed by atoms with E-state index in [0.717, 1.165) is 12.0 Å². The van der Waals surface area contributed by atoms with Crippen molar-refractivity contribution < 1.29 is 19.1 Å². The van der Waals surface area contributed by atoms with Crippen LogP contribution in [0.1, 0.15) is 32.1 Å². The number of carboxylic acid groups (broad SMARTS) is 1. The van der Waals surface area contributed by atoms with Crippen molar-refractivity contribution in [3.8, 4) is 11.5 Å². The molecule has 24 heavy (non-hydrogen) atoms. The molecule has 1 amide bonds. The number of hydrogen-bond acceptors (Lipinski definition) is 6. The SMILES string of the molecule is CC1CCN(C(=O)CCc2nnc(-c3ccsc3)o2)C(C(=O)O)C1. The Morgan fingerprint density at radius 1 is 1.46 bits per heavy atom. The maximum atomic E-state index is 12.4. The normalized spacial score (nSPS) is 21.0. The van der Waals surface area contributed by atoms with E-state index in [1.54, 1.807) is 0 Å². The first kappa shape index (κ1) is 16.6. The fourth-order valence-electron chi connectivity index (χ4n) is 2.89. The van der Waals surface area contributed by atoms with Crippen LogP contribution in [-0.4, -0.2) is 44.7 Å². The summed E-state index contributed by atoms with van der Waals surface area (Å²) in [6, 6.07) is 1.16. The van der Waals surface area contributed by atoms with Crippen molar-refractivity contribution in [1.29, 1.82) is 0 Å². The first-order valence-electron chi connectivity index (χ1n) is 7.92. The van der Waals surface area contributed by atoms with Crippen molar-refractivity contribution in [3.63, 3.8) is 0 Å². The molecule has 0 saturated carbocycles. The molecule has 2 unspecified atom stereocenters. The fourth-order valence-corrected chi connectivity index (χ4v) is 3.52. The minimum atomic E-state index is -0.938. The standard InChI is InChI=1S/C16H19N3O4S/c1-10-4-6-19(12(8-10)16(21)22)14(20)3-2-13-17-18-15(23-13)11-5-7-24-9-11/h5,7,9-10,12H,2-4,6,8H2,1H3,(H,21,22). The van der Waals surface area contributed by atoms with Crippen molar-refractivity contribution >= 4 is 23.2 Å². The van der Waals surface area contributed by atoms with E-state index in [-0.39, 0.29) is 12.3 Å². The van der Waals surface area contributed by atoms with Gasteiger partial charge in [0.15, 0.2) is 0 Å². The van der Waals surface area contributed by atoms with Crippen LogP contribution in [0, 0.1) is 5.92 Å². The highest BCUT2D eigenvalue weighted by atomic mass is 32.1. The quantitative estimate of drug-likeness (QED) is 0.890. The summed E-state index contributed by atoms with van der Waals surface area (Å²) in [7, 11) is 0. The van der Waals surface area contributed by atoms with Crippen LogP contribution in [-0.2, 0) is 16.0 Å². The Morgan fingerprint density at radius 2 is 2.29 bits per heavy atom. The topological polar surface area (TPSA) is 96.5 Å². The molecule has 2 atom stereocenters. The molecule has 1 N–H and O–H groups in total. The molecule has 128 valence electrons. The van der Waals surface area contributed by atoms with Gasteiger partial charge in [-0.05, 0) is 30.2 Å². The lowest BCUT2D eigenvalue weighted by molar-refractivity contribution is -0.153. The number of carbonyl (C=O) groups is 2. The van der Waals surface area contributed by atoms with Gasteiger partial charge in [0.05, 0.1) is 0 Å². The first-order chi connectivity index (χ1) is 11.5. The molecule has 3 heterocycles. The van der Waals surface area contributed by atoms with E-state index in [2.05, 4.69) is 10.2 Å². The molecular formula is C16H19N3O4S. The van der Waals surface area contributed by atoms with Gasteiger partial charge in [0.2, 0.25) is 17.7 Å². The van der Waals surface area contributed by atoms with Gasteiger partial charge in [-0.15, -0.1) is 10.2 Å². The smallest absolute Gasteiger partial charge is 0.326 e. The van der Waals surface area contributed by atoms with Crippen LogP contribution in [0.5, 0.6) is 0 Å². The predicted molar refractivity (Wildman–Crippen MR) is 87.5 cm³/mol. The Hall–Kier alpha value is -2.22. The highest BCUT2D eigenvalue weighted by molar-refractivity contribution is 7.08. The number of nitrogens with zero attached hydrogens (tertiary/aromatic N) is 3. The molecule has 0 radical (unpaired) electrons. The summed E-state index contributed by atoms with van der Waals surface area (Å²) in [4.78, 5) is 25.3. The number of carbonyl (C=O) groups excluding carboxylic acids is 1. The zero-order chi connectivity index (χ0) is 17.1. The summed E-state index contributed by atoms with van der Waals surface area (Å²) in [6.45, 7) is 2.50. The number of hydrogen-bond donors (Lipinski definition) is 1. The summed E-state index contributed by atoms with van der Waals surface area (Å²) in [6.07, 6.45) is 1.82. The lowest BCUT2D eigenvalue weighted by atomic mass is 9.92. The number of piperidine rings is 1. The van der Waals surface area contributed by atoms with E-state index in [4.69, 9.17) is 4.42 Å². The molecule has 2 aromatic heterocycles. The molecule has 8 heteroatoms. The van der Waals surface area contributed by atoms with Gasteiger partial charge in [-0.1, -0.05) is 6.92 Å². The van der Waals surface area contributed by atoms with Crippen molar-refractivity contribution in [2.24, 2.45) is 5.92 Å². The first-order valence-corrected chi connectivity index (χ1v) is 8.86. The molecule has 2 aromatic rings. The second-order valence-corrected chi connectivity index (χ2v) is 6.86. The van der Waals surface area contributed by atoms with Gasteiger partial charge < -0.3 is 14.4 Å². The van der Waals surface area contributed by atoms with Crippen molar-refractivity contribution in [2.75, 3.05) is 6.54 Å². The minimum Gasteiger partial charge on any atom is -0.480 e. The summed E-state index contributed by atoms with van der Waals surface area (Å²) < 4.78 is 5.55. The number of aromatic nitrogens is 2. The van der Waals surface area contributed by atoms with Gasteiger partial charge in [-0.25, -0.2) is 4.79 Å². The van der Waals surface area contributed by atoms with E-state index < -0.39 is 12.0 Å². The molecular weight excluding hydrogens is 330 g/mol. The third-order valence-electron chi connectivity index (χ3n) is 4.26. The molecule has 0 spiro atoms. The Morgan fingerprint density at radius 3 is 3.00 bits per heavy atom. The maximum Gasteiger partial charge on any atom is 0.326 e. The van der Waals surface area contributed by atoms with Gasteiger partial charge >= 0.3 is 5.97 Å². The number of rotatable bonds is 5. The Balaban J connectivity index is 1.60. The second-order valence-electron chi connectivity index (χ2n) is 6.08. The average Bonchev–Trinajstić information content (AvgIpc) is 3.23. The second kappa shape index (κ2) is 7.12. The summed E-state index contributed by atoms with van der Waals surface area (Å²) in [5.41, 5.74) is 0.862. The monoisotopic (exact) mass is 349 g/mol. The molecule has 0 aliphatic carbocycles. The van der Waals surface area contributed by atoms with E-state index >= 15 is 0 Å². The largest absolute Gasteiger partial charge is 0.480 e. The Bertz CT molecular complexity index is 713. The zero-order valence-corrected chi connectivity index (χ0v) is 14.2. The zero-order valence-electron chi connectivity index (χ0n) is 13.3. The van der Waals surface area contributed by atoms with Gasteiger partial charge in [-0.2, -0.15) is 11.3 Å². The number of aryl methyl sites for hydroxylation is 1. The Kier molecular flexibility index (Phi) is 4.94. The number of aliphatic carboxylic acids is 1. The molecule has 1 aliphatic rings. The highest BCUT2D eigenvalue weighted by Gasteiger charge is 2.34. The van der Waals surface area contributed by atoms with E-state index in [1.165, 1.54) is 16.2 Å². The third-order valence-corrected chi connectivity index (χ3v) is 4.94. The number of carboxylic acids is 1. The molecule has 1 saturated heterocycles. The lowest BCUT2D eigenvalue weighted by Gasteiger charge is -2.36. The lowest BCUT2D eigenvalue weighted by Crippen LogP contribution is -2.49. The van der Waals surface area contributed by atoms with Gasteiger partial charge in [-0.3, -0.25) is 4.79 Å². The van der Waals surface area contributed by atoms with Crippen molar-refractivity contribution in [2.45, 2.75) is 38.6 Å². The molecule has 1 fully saturated rings. The Labute approximate surface area is 143 Å². The third kappa shape index (κ3) is 3.64. The molecule has 1 aliphatic heterocycles. The van der Waals surface area contributed by atoms with Crippen LogP contribution in [0.3, 0.4) is 0 Å². The summed E-state index contributed by atoms with van der Waals surface area (Å²) >= 11 is 1.54.